The molecular weight excluding hydrogens is 392 g/mol. The molecule has 1 aliphatic rings. The molecule has 28 heavy (non-hydrogen) atoms. The number of carbonyl (C=O) groups is 1. The Balaban J connectivity index is 1.47. The van der Waals surface area contributed by atoms with Crippen LogP contribution in [0.1, 0.15) is 10.6 Å². The molecule has 0 bridgehead atoms. The van der Waals surface area contributed by atoms with Gasteiger partial charge in [-0.1, -0.05) is 0 Å². The lowest BCUT2D eigenvalue weighted by Gasteiger charge is -2.33. The van der Waals surface area contributed by atoms with Crippen LogP contribution in [0.4, 0.5) is 11.8 Å². The van der Waals surface area contributed by atoms with E-state index in [-0.39, 0.29) is 18.1 Å². The molecule has 3 heterocycles. The molecular formula is C15H18N6O6S. The molecule has 0 atom stereocenters. The third kappa shape index (κ3) is 4.61. The van der Waals surface area contributed by atoms with E-state index in [4.69, 9.17) is 4.42 Å². The summed E-state index contributed by atoms with van der Waals surface area (Å²) in [6.45, 7) is 1.37. The van der Waals surface area contributed by atoms with Gasteiger partial charge in [-0.05, 0) is 12.1 Å². The highest BCUT2D eigenvalue weighted by Gasteiger charge is 2.28. The molecule has 3 rings (SSSR count). The van der Waals surface area contributed by atoms with Gasteiger partial charge in [-0.15, -0.1) is 0 Å². The molecule has 1 amide bonds. The van der Waals surface area contributed by atoms with Gasteiger partial charge in [0.15, 0.2) is 5.76 Å². The maximum absolute atomic E-state index is 12.5. The number of nitrogens with one attached hydrogen (secondary N) is 1. The predicted molar refractivity (Wildman–Crippen MR) is 97.3 cm³/mol. The quantitative estimate of drug-likeness (QED) is 0.485. The lowest BCUT2D eigenvalue weighted by atomic mass is 10.4. The first-order valence-corrected chi connectivity index (χ1v) is 10.00. The number of rotatable bonds is 7. The molecule has 12 nitrogen and oxygen atoms in total. The molecule has 0 unspecified atom stereocenters. The Morgan fingerprint density at radius 2 is 1.89 bits per heavy atom. The number of anilines is 1. The fourth-order valence-corrected chi connectivity index (χ4v) is 4.02. The third-order valence-corrected chi connectivity index (χ3v) is 5.98. The minimum absolute atomic E-state index is 0.141. The maximum Gasteiger partial charge on any atom is 0.433 e. The van der Waals surface area contributed by atoms with Crippen molar-refractivity contribution >= 4 is 27.8 Å². The summed E-state index contributed by atoms with van der Waals surface area (Å²) in [5.41, 5.74) is 0. The number of furan rings is 1. The van der Waals surface area contributed by atoms with Gasteiger partial charge in [0.1, 0.15) is 4.92 Å². The van der Waals surface area contributed by atoms with Gasteiger partial charge in [0.05, 0.1) is 11.8 Å². The van der Waals surface area contributed by atoms with Crippen LogP contribution in [-0.4, -0.2) is 72.0 Å². The first-order valence-electron chi connectivity index (χ1n) is 8.39. The fraction of sp³-hybridized carbons (Fsp3) is 0.400. The van der Waals surface area contributed by atoms with Crippen LogP contribution in [0.15, 0.2) is 35.0 Å². The number of aromatic nitrogens is 2. The monoisotopic (exact) mass is 410 g/mol. The number of nitro groups is 1. The number of hydrogen-bond acceptors (Lipinski definition) is 9. The van der Waals surface area contributed by atoms with E-state index < -0.39 is 26.7 Å². The Labute approximate surface area is 160 Å². The van der Waals surface area contributed by atoms with Crippen molar-refractivity contribution < 1.29 is 22.6 Å². The zero-order chi connectivity index (χ0) is 20.1. The number of carbonyl (C=O) groups excluding carboxylic acids is 1. The van der Waals surface area contributed by atoms with Gasteiger partial charge in [0, 0.05) is 45.1 Å². The van der Waals surface area contributed by atoms with Crippen molar-refractivity contribution in [2.75, 3.05) is 43.4 Å². The van der Waals surface area contributed by atoms with Gasteiger partial charge in [-0.3, -0.25) is 14.9 Å². The smallest absolute Gasteiger partial charge is 0.395 e. The molecule has 0 spiro atoms. The second-order valence-electron chi connectivity index (χ2n) is 5.90. The minimum atomic E-state index is -3.56. The van der Waals surface area contributed by atoms with Gasteiger partial charge >= 0.3 is 5.88 Å². The van der Waals surface area contributed by atoms with E-state index in [1.165, 1.54) is 4.31 Å². The fourth-order valence-electron chi connectivity index (χ4n) is 2.68. The number of nitrogens with zero attached hydrogens (tertiary/aromatic N) is 5. The maximum atomic E-state index is 12.5. The van der Waals surface area contributed by atoms with E-state index in [0.717, 1.165) is 12.1 Å². The van der Waals surface area contributed by atoms with E-state index >= 15 is 0 Å². The lowest BCUT2D eigenvalue weighted by molar-refractivity contribution is -0.402. The topological polar surface area (TPSA) is 152 Å². The van der Waals surface area contributed by atoms with E-state index in [0.29, 0.717) is 32.1 Å². The Bertz CT molecular complexity index is 939. The van der Waals surface area contributed by atoms with Gasteiger partial charge in [-0.25, -0.2) is 18.4 Å². The van der Waals surface area contributed by atoms with Crippen molar-refractivity contribution in [3.63, 3.8) is 0 Å². The lowest BCUT2D eigenvalue weighted by Crippen LogP contribution is -2.50. The molecule has 0 radical (unpaired) electrons. The molecule has 1 saturated heterocycles. The Morgan fingerprint density at radius 3 is 2.50 bits per heavy atom. The van der Waals surface area contributed by atoms with Crippen LogP contribution < -0.4 is 10.2 Å². The van der Waals surface area contributed by atoms with E-state index in [2.05, 4.69) is 15.3 Å². The number of piperazine rings is 1. The van der Waals surface area contributed by atoms with Crippen LogP contribution in [0.2, 0.25) is 0 Å². The van der Waals surface area contributed by atoms with Crippen LogP contribution >= 0.6 is 0 Å². The minimum Gasteiger partial charge on any atom is -0.395 e. The third-order valence-electron chi connectivity index (χ3n) is 4.11. The summed E-state index contributed by atoms with van der Waals surface area (Å²) < 4.78 is 31.0. The Morgan fingerprint density at radius 1 is 1.21 bits per heavy atom. The SMILES string of the molecule is O=C(NCCS(=O)(=O)N1CCN(c2ncccn2)CC1)c1ccc([N+](=O)[O-])o1. The molecule has 1 fully saturated rings. The normalized spacial score (nSPS) is 15.4. The van der Waals surface area contributed by atoms with Crippen LogP contribution in [-0.2, 0) is 10.0 Å². The van der Waals surface area contributed by atoms with Gasteiger partial charge in [0.2, 0.25) is 16.0 Å². The summed E-state index contributed by atoms with van der Waals surface area (Å²) in [5.74, 6) is -1.25. The first kappa shape index (κ1) is 19.7. The number of sulfonamides is 1. The summed E-state index contributed by atoms with van der Waals surface area (Å²) in [6, 6.07) is 3.92. The van der Waals surface area contributed by atoms with Crippen molar-refractivity contribution in [1.82, 2.24) is 19.6 Å². The zero-order valence-electron chi connectivity index (χ0n) is 14.7. The van der Waals surface area contributed by atoms with Gasteiger partial charge in [0.25, 0.3) is 5.91 Å². The van der Waals surface area contributed by atoms with Gasteiger partial charge in [-0.2, -0.15) is 4.31 Å². The molecule has 2 aromatic heterocycles. The molecule has 1 aliphatic heterocycles. The molecule has 2 aromatic rings. The Kier molecular flexibility index (Phi) is 5.84. The molecule has 13 heteroatoms. The summed E-state index contributed by atoms with van der Waals surface area (Å²) in [6.07, 6.45) is 3.25. The average Bonchev–Trinajstić information content (AvgIpc) is 3.19. The highest BCUT2D eigenvalue weighted by molar-refractivity contribution is 7.89. The van der Waals surface area contributed by atoms with E-state index in [1.54, 1.807) is 18.5 Å². The van der Waals surface area contributed by atoms with Crippen molar-refractivity contribution in [3.05, 3.63) is 46.5 Å². The second-order valence-corrected chi connectivity index (χ2v) is 7.99. The largest absolute Gasteiger partial charge is 0.433 e. The van der Waals surface area contributed by atoms with E-state index in [1.807, 2.05) is 4.90 Å². The van der Waals surface area contributed by atoms with Crippen molar-refractivity contribution in [2.24, 2.45) is 0 Å². The molecule has 1 N–H and O–H groups in total. The van der Waals surface area contributed by atoms with Crippen LogP contribution in [0, 0.1) is 10.1 Å². The standard InChI is InChI=1S/C15H18N6O6S/c22-14(12-2-3-13(27-12)21(23)24)16-6-11-28(25,26)20-9-7-19(8-10-20)15-17-4-1-5-18-15/h1-5H,6-11H2,(H,16,22). The number of hydrogen-bond donors (Lipinski definition) is 1. The van der Waals surface area contributed by atoms with Crippen molar-refractivity contribution in [2.45, 2.75) is 0 Å². The molecule has 0 aliphatic carbocycles. The van der Waals surface area contributed by atoms with E-state index in [9.17, 15) is 23.3 Å². The van der Waals surface area contributed by atoms with Gasteiger partial charge < -0.3 is 14.6 Å². The number of amides is 1. The molecule has 150 valence electrons. The van der Waals surface area contributed by atoms with Crippen LogP contribution in [0.25, 0.3) is 0 Å². The predicted octanol–water partition coefficient (Wildman–Crippen LogP) is -0.140. The summed E-state index contributed by atoms with van der Waals surface area (Å²) in [7, 11) is -3.56. The summed E-state index contributed by atoms with van der Waals surface area (Å²) in [4.78, 5) is 31.9. The molecule has 0 aromatic carbocycles. The zero-order valence-corrected chi connectivity index (χ0v) is 15.5. The average molecular weight is 410 g/mol. The Hall–Kier alpha value is -3.06. The summed E-state index contributed by atoms with van der Waals surface area (Å²) >= 11 is 0. The first-order chi connectivity index (χ1) is 13.4. The van der Waals surface area contributed by atoms with Crippen molar-refractivity contribution in [3.8, 4) is 0 Å². The highest BCUT2D eigenvalue weighted by atomic mass is 32.2. The molecule has 0 saturated carbocycles. The highest BCUT2D eigenvalue weighted by Crippen LogP contribution is 2.15. The van der Waals surface area contributed by atoms with Crippen molar-refractivity contribution in [1.29, 1.82) is 0 Å². The second kappa shape index (κ2) is 8.31. The van der Waals surface area contributed by atoms with Crippen LogP contribution in [0.5, 0.6) is 0 Å². The summed E-state index contributed by atoms with van der Waals surface area (Å²) in [5, 5.41) is 12.9. The van der Waals surface area contributed by atoms with Crippen LogP contribution in [0.3, 0.4) is 0 Å².